The Morgan fingerprint density at radius 1 is 0.920 bits per heavy atom. The van der Waals surface area contributed by atoms with Crippen molar-refractivity contribution in [3.8, 4) is 5.69 Å². The molecule has 4 rings (SSSR count). The van der Waals surface area contributed by atoms with Crippen LogP contribution in [0.25, 0.3) is 16.5 Å². The standard InChI is InChI=1S/C15H14N.C6H7.2ClH.Zr/c1-11-7-12(2)16(10-11)15-8-13-5-3-4-6-14(13)9-15;1-6-4-2-3-5-6;;;/h3-10H,1-2H3;2-5H,1H3;2*1H;/q2*-1;;;+4/p-2. The van der Waals surface area contributed by atoms with Crippen LogP contribution in [0.1, 0.15) is 16.8 Å². The fraction of sp³-hybridized carbons (Fsp3) is 0.143. The van der Waals surface area contributed by atoms with Crippen molar-refractivity contribution in [2.45, 2.75) is 20.8 Å². The van der Waals surface area contributed by atoms with Gasteiger partial charge in [-0.1, -0.05) is 13.0 Å². The SMILES string of the molecule is C[c-]1cccc1.Cc1cc(C)n(-c2cc3ccccc3[cH-]2)c1.[Cl-].[Cl-].[Zr+4]. The summed E-state index contributed by atoms with van der Waals surface area (Å²) in [6.07, 6.45) is 2.18. The van der Waals surface area contributed by atoms with Crippen molar-refractivity contribution in [1.82, 2.24) is 4.57 Å². The molecule has 0 amide bonds. The number of aryl methyl sites for hydroxylation is 3. The molecule has 0 aliphatic rings. The molecule has 0 saturated carbocycles. The van der Waals surface area contributed by atoms with E-state index in [1.165, 1.54) is 33.3 Å². The van der Waals surface area contributed by atoms with E-state index in [-0.39, 0.29) is 51.0 Å². The van der Waals surface area contributed by atoms with Crippen molar-refractivity contribution in [2.24, 2.45) is 0 Å². The third-order valence-electron chi connectivity index (χ3n) is 3.86. The number of nitrogens with zero attached hydrogens (tertiary/aromatic N) is 1. The summed E-state index contributed by atoms with van der Waals surface area (Å²) in [5.74, 6) is 0. The van der Waals surface area contributed by atoms with Crippen molar-refractivity contribution < 1.29 is 51.0 Å². The molecule has 1 nitrogen and oxygen atoms in total. The minimum Gasteiger partial charge on any atom is -1.00 e. The van der Waals surface area contributed by atoms with E-state index < -0.39 is 0 Å². The number of aromatic nitrogens is 1. The van der Waals surface area contributed by atoms with Gasteiger partial charge in [-0.2, -0.15) is 17.7 Å². The summed E-state index contributed by atoms with van der Waals surface area (Å²) in [5, 5.41) is 2.62. The molecule has 0 spiro atoms. The van der Waals surface area contributed by atoms with Crippen LogP contribution in [0.4, 0.5) is 0 Å². The quantitative estimate of drug-likeness (QED) is 0.352. The first-order valence-corrected chi connectivity index (χ1v) is 7.63. The van der Waals surface area contributed by atoms with Gasteiger partial charge < -0.3 is 29.4 Å². The van der Waals surface area contributed by atoms with Crippen LogP contribution in [0, 0.1) is 20.8 Å². The molecule has 0 fully saturated rings. The average Bonchev–Trinajstić information content (AvgIpc) is 3.19. The van der Waals surface area contributed by atoms with Crippen LogP contribution in [0.2, 0.25) is 0 Å². The van der Waals surface area contributed by atoms with Crippen LogP contribution < -0.4 is 24.8 Å². The van der Waals surface area contributed by atoms with Gasteiger partial charge in [0.2, 0.25) is 0 Å². The molecule has 0 aliphatic carbocycles. The predicted molar refractivity (Wildman–Crippen MR) is 95.1 cm³/mol. The molecule has 25 heavy (non-hydrogen) atoms. The molecule has 1 heterocycles. The zero-order chi connectivity index (χ0) is 15.5. The fourth-order valence-electron chi connectivity index (χ4n) is 2.76. The summed E-state index contributed by atoms with van der Waals surface area (Å²) in [6, 6.07) is 23.4. The molecule has 0 unspecified atom stereocenters. The Balaban J connectivity index is 0.000000556. The Bertz CT molecular complexity index is 839. The molecular weight excluding hydrogens is 428 g/mol. The van der Waals surface area contributed by atoms with Crippen LogP contribution >= 0.6 is 0 Å². The van der Waals surface area contributed by atoms with E-state index in [0.717, 1.165) is 0 Å². The zero-order valence-corrected chi connectivity index (χ0v) is 18.6. The summed E-state index contributed by atoms with van der Waals surface area (Å²) in [7, 11) is 0. The first-order chi connectivity index (χ1) is 10.6. The monoisotopic (exact) mass is 447 g/mol. The average molecular weight is 450 g/mol. The van der Waals surface area contributed by atoms with E-state index >= 15 is 0 Å². The molecule has 0 atom stereocenters. The second kappa shape index (κ2) is 10.8. The summed E-state index contributed by atoms with van der Waals surface area (Å²) >= 11 is 0. The first kappa shape index (κ1) is 23.9. The van der Waals surface area contributed by atoms with Gasteiger partial charge in [-0.15, -0.1) is 41.1 Å². The van der Waals surface area contributed by atoms with Crippen LogP contribution in [-0.4, -0.2) is 4.57 Å². The number of hydrogen-bond donors (Lipinski definition) is 0. The molecule has 1 aromatic heterocycles. The molecule has 4 aromatic rings. The molecule has 4 heteroatoms. The van der Waals surface area contributed by atoms with E-state index in [1.807, 2.05) is 12.1 Å². The molecule has 128 valence electrons. The van der Waals surface area contributed by atoms with E-state index in [0.29, 0.717) is 0 Å². The van der Waals surface area contributed by atoms with Crippen LogP contribution in [0.3, 0.4) is 0 Å². The normalized spacial score (nSPS) is 9.24. The Kier molecular flexibility index (Phi) is 10.3. The molecule has 0 radical (unpaired) electrons. The van der Waals surface area contributed by atoms with Crippen molar-refractivity contribution in [3.63, 3.8) is 0 Å². The van der Waals surface area contributed by atoms with Crippen molar-refractivity contribution >= 4 is 10.8 Å². The Morgan fingerprint density at radius 3 is 2.04 bits per heavy atom. The van der Waals surface area contributed by atoms with Crippen LogP contribution in [0.5, 0.6) is 0 Å². The smallest absolute Gasteiger partial charge is 1.00 e. The Morgan fingerprint density at radius 2 is 1.56 bits per heavy atom. The first-order valence-electron chi connectivity index (χ1n) is 7.63. The summed E-state index contributed by atoms with van der Waals surface area (Å²) in [6.45, 7) is 6.36. The van der Waals surface area contributed by atoms with Gasteiger partial charge in [-0.05, 0) is 31.2 Å². The second-order valence-corrected chi connectivity index (χ2v) is 5.83. The molecule has 3 aromatic carbocycles. The number of halogens is 2. The van der Waals surface area contributed by atoms with Gasteiger partial charge in [-0.3, -0.25) is 0 Å². The van der Waals surface area contributed by atoms with Gasteiger partial charge in [0.15, 0.2) is 0 Å². The molecule has 0 N–H and O–H groups in total. The maximum Gasteiger partial charge on any atom is 4.00 e. The van der Waals surface area contributed by atoms with Gasteiger partial charge in [-0.25, -0.2) is 12.1 Å². The third-order valence-corrected chi connectivity index (χ3v) is 3.86. The molecule has 0 bridgehead atoms. The van der Waals surface area contributed by atoms with Gasteiger partial charge in [0.1, 0.15) is 0 Å². The predicted octanol–water partition coefficient (Wildman–Crippen LogP) is -0.314. The van der Waals surface area contributed by atoms with Crippen molar-refractivity contribution in [3.05, 3.63) is 89.7 Å². The van der Waals surface area contributed by atoms with Crippen LogP contribution in [-0.2, 0) is 26.2 Å². The summed E-state index contributed by atoms with van der Waals surface area (Å²) in [5.41, 5.74) is 5.19. The molecule has 0 saturated heterocycles. The summed E-state index contributed by atoms with van der Waals surface area (Å²) < 4.78 is 2.25. The van der Waals surface area contributed by atoms with Gasteiger partial charge in [0.05, 0.1) is 0 Å². The van der Waals surface area contributed by atoms with E-state index in [9.17, 15) is 0 Å². The minimum absolute atomic E-state index is 0. The number of benzene rings is 1. The van der Waals surface area contributed by atoms with Gasteiger partial charge >= 0.3 is 26.2 Å². The Hall–Kier alpha value is -1.08. The topological polar surface area (TPSA) is 4.93 Å². The third kappa shape index (κ3) is 5.99. The Labute approximate surface area is 181 Å². The van der Waals surface area contributed by atoms with Crippen molar-refractivity contribution in [2.75, 3.05) is 0 Å². The number of hydrogen-bond acceptors (Lipinski definition) is 0. The largest absolute Gasteiger partial charge is 4.00 e. The van der Waals surface area contributed by atoms with E-state index in [4.69, 9.17) is 0 Å². The van der Waals surface area contributed by atoms with Crippen molar-refractivity contribution in [1.29, 1.82) is 0 Å². The van der Waals surface area contributed by atoms with Gasteiger partial charge in [0, 0.05) is 11.9 Å². The maximum atomic E-state index is 2.25. The van der Waals surface area contributed by atoms with Crippen LogP contribution in [0.15, 0.2) is 72.9 Å². The van der Waals surface area contributed by atoms with Gasteiger partial charge in [0.25, 0.3) is 0 Å². The fourth-order valence-corrected chi connectivity index (χ4v) is 2.76. The van der Waals surface area contributed by atoms with E-state index in [2.05, 4.69) is 86.1 Å². The van der Waals surface area contributed by atoms with E-state index in [1.54, 1.807) is 0 Å². The second-order valence-electron chi connectivity index (χ2n) is 5.83. The molecule has 0 aliphatic heterocycles. The summed E-state index contributed by atoms with van der Waals surface area (Å²) in [4.78, 5) is 0. The number of rotatable bonds is 1. The molecular formula is C21H21Cl2NZr. The maximum absolute atomic E-state index is 2.25. The number of fused-ring (bicyclic) bond motifs is 1. The minimum atomic E-state index is 0. The zero-order valence-electron chi connectivity index (χ0n) is 14.6.